The van der Waals surface area contributed by atoms with Crippen molar-refractivity contribution in [1.82, 2.24) is 10.3 Å². The van der Waals surface area contributed by atoms with E-state index in [1.54, 1.807) is 42.6 Å². The SMILES string of the molecule is CC(C)c1ccc(S(=O)(=O)C(CNC(=O)COc2ccccc2)c2cccnc2)cc1. The van der Waals surface area contributed by atoms with E-state index in [0.29, 0.717) is 17.2 Å². The highest BCUT2D eigenvalue weighted by atomic mass is 32.2. The summed E-state index contributed by atoms with van der Waals surface area (Å²) in [6.07, 6.45) is 3.09. The van der Waals surface area contributed by atoms with Crippen molar-refractivity contribution in [3.8, 4) is 5.75 Å². The molecule has 1 aromatic heterocycles. The monoisotopic (exact) mass is 438 g/mol. The number of nitrogens with one attached hydrogen (secondary N) is 1. The summed E-state index contributed by atoms with van der Waals surface area (Å²) in [5.74, 6) is 0.470. The van der Waals surface area contributed by atoms with Crippen molar-refractivity contribution < 1.29 is 17.9 Å². The van der Waals surface area contributed by atoms with Gasteiger partial charge in [0.2, 0.25) is 0 Å². The minimum absolute atomic E-state index is 0.0864. The number of hydrogen-bond donors (Lipinski definition) is 1. The van der Waals surface area contributed by atoms with E-state index in [1.807, 2.05) is 30.3 Å². The van der Waals surface area contributed by atoms with Crippen molar-refractivity contribution in [2.45, 2.75) is 29.9 Å². The van der Waals surface area contributed by atoms with Crippen molar-refractivity contribution in [3.05, 3.63) is 90.3 Å². The molecule has 0 bridgehead atoms. The molecule has 0 aliphatic rings. The zero-order valence-electron chi connectivity index (χ0n) is 17.6. The Bertz CT molecular complexity index is 1080. The third-order valence-electron chi connectivity index (χ3n) is 4.90. The van der Waals surface area contributed by atoms with Gasteiger partial charge in [-0.25, -0.2) is 8.42 Å². The van der Waals surface area contributed by atoms with E-state index in [-0.39, 0.29) is 18.0 Å². The van der Waals surface area contributed by atoms with Gasteiger partial charge in [-0.3, -0.25) is 9.78 Å². The van der Waals surface area contributed by atoms with Crippen LogP contribution in [0.3, 0.4) is 0 Å². The molecule has 3 rings (SSSR count). The Balaban J connectivity index is 1.76. The molecule has 1 amide bonds. The first-order chi connectivity index (χ1) is 14.9. The van der Waals surface area contributed by atoms with E-state index in [2.05, 4.69) is 24.1 Å². The minimum atomic E-state index is -3.75. The molecule has 0 fully saturated rings. The van der Waals surface area contributed by atoms with Crippen LogP contribution in [0, 0.1) is 0 Å². The van der Waals surface area contributed by atoms with Crippen LogP contribution in [0.25, 0.3) is 0 Å². The molecule has 1 unspecified atom stereocenters. The maximum atomic E-state index is 13.4. The zero-order valence-corrected chi connectivity index (χ0v) is 18.4. The topological polar surface area (TPSA) is 85.4 Å². The quantitative estimate of drug-likeness (QED) is 0.547. The Labute approximate surface area is 183 Å². The standard InChI is InChI=1S/C24H26N2O4S/c1-18(2)19-10-12-22(13-11-19)31(28,29)23(20-7-6-14-25-15-20)16-26-24(27)17-30-21-8-4-3-5-9-21/h3-15,18,23H,16-17H2,1-2H3,(H,26,27). The fourth-order valence-corrected chi connectivity index (χ4v) is 4.75. The Morgan fingerprint density at radius 3 is 2.29 bits per heavy atom. The Hall–Kier alpha value is -3.19. The van der Waals surface area contributed by atoms with Crippen molar-refractivity contribution in [3.63, 3.8) is 0 Å². The number of benzene rings is 2. The van der Waals surface area contributed by atoms with Crippen LogP contribution in [0.5, 0.6) is 5.75 Å². The van der Waals surface area contributed by atoms with E-state index in [0.717, 1.165) is 5.56 Å². The highest BCUT2D eigenvalue weighted by molar-refractivity contribution is 7.91. The first kappa shape index (κ1) is 22.5. The van der Waals surface area contributed by atoms with Crippen molar-refractivity contribution >= 4 is 15.7 Å². The van der Waals surface area contributed by atoms with E-state index >= 15 is 0 Å². The molecule has 1 N–H and O–H groups in total. The number of sulfone groups is 1. The molecule has 0 saturated carbocycles. The molecule has 1 heterocycles. The van der Waals surface area contributed by atoms with Crippen LogP contribution in [0.4, 0.5) is 0 Å². The van der Waals surface area contributed by atoms with Crippen LogP contribution >= 0.6 is 0 Å². The average Bonchev–Trinajstić information content (AvgIpc) is 2.79. The molecule has 7 heteroatoms. The lowest BCUT2D eigenvalue weighted by Crippen LogP contribution is -2.35. The third kappa shape index (κ3) is 5.92. The molecule has 6 nitrogen and oxygen atoms in total. The third-order valence-corrected chi connectivity index (χ3v) is 7.02. The van der Waals surface area contributed by atoms with Gasteiger partial charge in [-0.15, -0.1) is 0 Å². The fourth-order valence-electron chi connectivity index (χ4n) is 3.10. The van der Waals surface area contributed by atoms with Gasteiger partial charge < -0.3 is 10.1 Å². The zero-order chi connectivity index (χ0) is 22.3. The normalized spacial score (nSPS) is 12.4. The van der Waals surface area contributed by atoms with Gasteiger partial charge in [0.05, 0.1) is 4.90 Å². The molecular weight excluding hydrogens is 412 g/mol. The van der Waals surface area contributed by atoms with Gasteiger partial charge in [0.1, 0.15) is 11.0 Å². The lowest BCUT2D eigenvalue weighted by Gasteiger charge is -2.19. The maximum Gasteiger partial charge on any atom is 0.257 e. The summed E-state index contributed by atoms with van der Waals surface area (Å²) in [5.41, 5.74) is 1.57. The molecule has 0 aliphatic carbocycles. The van der Waals surface area contributed by atoms with Crippen molar-refractivity contribution in [2.75, 3.05) is 13.2 Å². The van der Waals surface area contributed by atoms with E-state index in [9.17, 15) is 13.2 Å². The van der Waals surface area contributed by atoms with Gasteiger partial charge in [-0.05, 0) is 47.4 Å². The predicted molar refractivity (Wildman–Crippen MR) is 120 cm³/mol. The molecule has 1 atom stereocenters. The number of amides is 1. The first-order valence-corrected chi connectivity index (χ1v) is 11.6. The summed E-state index contributed by atoms with van der Waals surface area (Å²) >= 11 is 0. The van der Waals surface area contributed by atoms with Gasteiger partial charge in [0.15, 0.2) is 16.4 Å². The molecule has 0 radical (unpaired) electrons. The number of aromatic nitrogens is 1. The second-order valence-electron chi connectivity index (χ2n) is 7.45. The van der Waals surface area contributed by atoms with Crippen molar-refractivity contribution in [1.29, 1.82) is 0 Å². The van der Waals surface area contributed by atoms with Crippen LogP contribution in [0.2, 0.25) is 0 Å². The van der Waals surface area contributed by atoms with Crippen LogP contribution in [-0.4, -0.2) is 32.5 Å². The number of carbonyl (C=O) groups is 1. The second-order valence-corrected chi connectivity index (χ2v) is 9.58. The Kier molecular flexibility index (Phi) is 7.41. The lowest BCUT2D eigenvalue weighted by atomic mass is 10.0. The second kappa shape index (κ2) is 10.2. The summed E-state index contributed by atoms with van der Waals surface area (Å²) in [7, 11) is -3.75. The van der Waals surface area contributed by atoms with Gasteiger partial charge in [-0.2, -0.15) is 0 Å². The summed E-state index contributed by atoms with van der Waals surface area (Å²) in [5, 5.41) is 1.72. The number of para-hydroxylation sites is 1. The number of rotatable bonds is 9. The van der Waals surface area contributed by atoms with Crippen LogP contribution < -0.4 is 10.1 Å². The molecule has 0 aliphatic heterocycles. The fraction of sp³-hybridized carbons (Fsp3) is 0.250. The molecule has 3 aromatic rings. The van der Waals surface area contributed by atoms with Gasteiger partial charge in [0.25, 0.3) is 5.91 Å². The van der Waals surface area contributed by atoms with Gasteiger partial charge >= 0.3 is 0 Å². The number of carbonyl (C=O) groups excluding carboxylic acids is 1. The van der Waals surface area contributed by atoms with Crippen LogP contribution in [-0.2, 0) is 14.6 Å². The number of pyridine rings is 1. The summed E-state index contributed by atoms with van der Waals surface area (Å²) < 4.78 is 32.2. The largest absolute Gasteiger partial charge is 0.484 e. The Morgan fingerprint density at radius 1 is 0.968 bits per heavy atom. The number of ether oxygens (including phenoxy) is 1. The molecule has 2 aromatic carbocycles. The van der Waals surface area contributed by atoms with E-state index in [1.165, 1.54) is 6.20 Å². The van der Waals surface area contributed by atoms with Gasteiger partial charge in [-0.1, -0.05) is 50.2 Å². The first-order valence-electron chi connectivity index (χ1n) is 10.1. The molecular formula is C24H26N2O4S. The molecule has 0 spiro atoms. The molecule has 0 saturated heterocycles. The number of nitrogens with zero attached hydrogens (tertiary/aromatic N) is 1. The lowest BCUT2D eigenvalue weighted by molar-refractivity contribution is -0.123. The highest BCUT2D eigenvalue weighted by Crippen LogP contribution is 2.29. The van der Waals surface area contributed by atoms with Gasteiger partial charge in [0, 0.05) is 18.9 Å². The molecule has 162 valence electrons. The minimum Gasteiger partial charge on any atom is -0.484 e. The predicted octanol–water partition coefficient (Wildman–Crippen LogP) is 3.92. The van der Waals surface area contributed by atoms with E-state index < -0.39 is 21.0 Å². The molecule has 31 heavy (non-hydrogen) atoms. The maximum absolute atomic E-state index is 13.4. The summed E-state index contributed by atoms with van der Waals surface area (Å²) in [6.45, 7) is 3.81. The summed E-state index contributed by atoms with van der Waals surface area (Å²) in [4.78, 5) is 16.5. The number of hydrogen-bond acceptors (Lipinski definition) is 5. The van der Waals surface area contributed by atoms with Crippen molar-refractivity contribution in [2.24, 2.45) is 0 Å². The highest BCUT2D eigenvalue weighted by Gasteiger charge is 2.30. The smallest absolute Gasteiger partial charge is 0.257 e. The van der Waals surface area contributed by atoms with Crippen LogP contribution in [0.15, 0.2) is 84.0 Å². The summed E-state index contributed by atoms with van der Waals surface area (Å²) in [6, 6.07) is 19.2. The Morgan fingerprint density at radius 2 is 1.68 bits per heavy atom. The van der Waals surface area contributed by atoms with E-state index in [4.69, 9.17) is 4.74 Å². The average molecular weight is 439 g/mol. The van der Waals surface area contributed by atoms with Crippen LogP contribution in [0.1, 0.15) is 36.1 Å².